The third-order valence-corrected chi connectivity index (χ3v) is 4.47. The maximum absolute atomic E-state index is 11.1. The monoisotopic (exact) mass is 282 g/mol. The van der Waals surface area contributed by atoms with Gasteiger partial charge in [0, 0.05) is 12.1 Å². The summed E-state index contributed by atoms with van der Waals surface area (Å²) in [4.78, 5) is 0. The van der Waals surface area contributed by atoms with E-state index in [4.69, 9.17) is 4.52 Å². The number of nitrogens with zero attached hydrogens (tertiary/aromatic N) is 1. The van der Waals surface area contributed by atoms with Crippen LogP contribution in [0.1, 0.15) is 17.0 Å². The van der Waals surface area contributed by atoms with E-state index in [9.17, 15) is 8.42 Å². The largest absolute Gasteiger partial charge is 0.361 e. The minimum absolute atomic E-state index is 0.108. The van der Waals surface area contributed by atoms with Crippen molar-refractivity contribution < 1.29 is 12.9 Å². The van der Waals surface area contributed by atoms with Crippen molar-refractivity contribution in [1.82, 2.24) is 9.88 Å². The maximum atomic E-state index is 11.1. The molecule has 0 aliphatic carbocycles. The number of hydrogen-bond acceptors (Lipinski definition) is 4. The molecule has 1 aromatic rings. The lowest BCUT2D eigenvalue weighted by Gasteiger charge is -2.02. The van der Waals surface area contributed by atoms with E-state index in [0.29, 0.717) is 11.5 Å². The van der Waals surface area contributed by atoms with Gasteiger partial charge in [-0.15, -0.1) is 0 Å². The number of aromatic nitrogens is 1. The molecule has 0 saturated carbocycles. The molecule has 0 fully saturated rings. The van der Waals surface area contributed by atoms with Gasteiger partial charge in [0.25, 0.3) is 0 Å². The SMILES string of the molecule is Cc1noc(C)c1CNS(=O)(=O)CBr. The van der Waals surface area contributed by atoms with Gasteiger partial charge < -0.3 is 4.52 Å². The molecule has 0 unspecified atom stereocenters. The summed E-state index contributed by atoms with van der Waals surface area (Å²) in [5.74, 6) is 0.639. The Labute approximate surface area is 91.0 Å². The topological polar surface area (TPSA) is 72.2 Å². The van der Waals surface area contributed by atoms with Crippen molar-refractivity contribution in [3.63, 3.8) is 0 Å². The zero-order chi connectivity index (χ0) is 10.8. The number of alkyl halides is 1. The molecular formula is C7H11BrN2O3S. The highest BCUT2D eigenvalue weighted by atomic mass is 79.9. The zero-order valence-electron chi connectivity index (χ0n) is 7.87. The van der Waals surface area contributed by atoms with Crippen molar-refractivity contribution in [3.05, 3.63) is 17.0 Å². The lowest BCUT2D eigenvalue weighted by molar-refractivity contribution is 0.392. The molecule has 0 radical (unpaired) electrons. The quantitative estimate of drug-likeness (QED) is 0.839. The summed E-state index contributed by atoms with van der Waals surface area (Å²) in [7, 11) is -3.23. The second kappa shape index (κ2) is 4.41. The van der Waals surface area contributed by atoms with Crippen molar-refractivity contribution in [2.75, 3.05) is 4.66 Å². The van der Waals surface area contributed by atoms with Crippen molar-refractivity contribution in [1.29, 1.82) is 0 Å². The fourth-order valence-corrected chi connectivity index (χ4v) is 1.90. The Hall–Kier alpha value is -0.400. The van der Waals surface area contributed by atoms with E-state index in [1.54, 1.807) is 13.8 Å². The van der Waals surface area contributed by atoms with E-state index in [2.05, 4.69) is 25.8 Å². The summed E-state index contributed by atoms with van der Waals surface area (Å²) in [6.07, 6.45) is 0. The van der Waals surface area contributed by atoms with Crippen LogP contribution in [0.3, 0.4) is 0 Å². The summed E-state index contributed by atoms with van der Waals surface area (Å²) in [6, 6.07) is 0. The standard InChI is InChI=1S/C7H11BrN2O3S/c1-5-7(6(2)13-10-5)3-9-14(11,12)4-8/h9H,3-4H2,1-2H3. The highest BCUT2D eigenvalue weighted by Crippen LogP contribution is 2.11. The normalized spacial score (nSPS) is 11.9. The number of halogens is 1. The molecule has 1 rings (SSSR count). The van der Waals surface area contributed by atoms with Crippen LogP contribution in [-0.2, 0) is 16.6 Å². The summed E-state index contributed by atoms with van der Waals surface area (Å²) >= 11 is 2.88. The smallest absolute Gasteiger partial charge is 0.221 e. The number of hydrogen-bond donors (Lipinski definition) is 1. The number of sulfonamides is 1. The van der Waals surface area contributed by atoms with Crippen molar-refractivity contribution in [2.45, 2.75) is 20.4 Å². The molecule has 0 bridgehead atoms. The summed E-state index contributed by atoms with van der Waals surface area (Å²) in [5, 5.41) is 3.72. The molecule has 0 aromatic carbocycles. The molecule has 1 N–H and O–H groups in total. The van der Waals surface area contributed by atoms with Crippen LogP contribution >= 0.6 is 15.9 Å². The van der Waals surface area contributed by atoms with Crippen molar-refractivity contribution in [2.24, 2.45) is 0 Å². The zero-order valence-corrected chi connectivity index (χ0v) is 10.3. The first-order valence-electron chi connectivity index (χ1n) is 3.91. The Morgan fingerprint density at radius 2 is 2.14 bits per heavy atom. The van der Waals surface area contributed by atoms with Crippen LogP contribution in [0.2, 0.25) is 0 Å². The average molecular weight is 283 g/mol. The predicted molar refractivity (Wildman–Crippen MR) is 55.5 cm³/mol. The van der Waals surface area contributed by atoms with Crippen LogP contribution in [0.4, 0.5) is 0 Å². The Bertz CT molecular complexity index is 393. The minimum atomic E-state index is -3.23. The molecule has 14 heavy (non-hydrogen) atoms. The van der Waals surface area contributed by atoms with Crippen LogP contribution in [0, 0.1) is 13.8 Å². The molecule has 1 heterocycles. The predicted octanol–water partition coefficient (Wildman–Crippen LogP) is 1.06. The fourth-order valence-electron chi connectivity index (χ4n) is 0.975. The van der Waals surface area contributed by atoms with E-state index >= 15 is 0 Å². The minimum Gasteiger partial charge on any atom is -0.361 e. The average Bonchev–Trinajstić information content (AvgIpc) is 2.44. The van der Waals surface area contributed by atoms with Crippen LogP contribution in [-0.4, -0.2) is 18.2 Å². The maximum Gasteiger partial charge on any atom is 0.221 e. The number of rotatable bonds is 4. The first-order valence-corrected chi connectivity index (χ1v) is 6.68. The Balaban J connectivity index is 2.72. The van der Waals surface area contributed by atoms with Gasteiger partial charge in [-0.05, 0) is 13.8 Å². The van der Waals surface area contributed by atoms with E-state index < -0.39 is 10.0 Å². The fraction of sp³-hybridized carbons (Fsp3) is 0.571. The van der Waals surface area contributed by atoms with E-state index in [0.717, 1.165) is 5.56 Å². The van der Waals surface area contributed by atoms with Gasteiger partial charge in [0.2, 0.25) is 10.0 Å². The van der Waals surface area contributed by atoms with Crippen molar-refractivity contribution in [3.8, 4) is 0 Å². The van der Waals surface area contributed by atoms with Crippen LogP contribution in [0.25, 0.3) is 0 Å². The second-order valence-corrected chi connectivity index (χ2v) is 5.96. The van der Waals surface area contributed by atoms with Crippen molar-refractivity contribution >= 4 is 26.0 Å². The van der Waals surface area contributed by atoms with Gasteiger partial charge in [0.05, 0.1) is 5.69 Å². The number of nitrogens with one attached hydrogen (secondary N) is 1. The van der Waals surface area contributed by atoms with Crippen LogP contribution < -0.4 is 4.72 Å². The van der Waals surface area contributed by atoms with Gasteiger partial charge in [-0.25, -0.2) is 13.1 Å². The molecular weight excluding hydrogens is 272 g/mol. The van der Waals surface area contributed by atoms with Crippen LogP contribution in [0.15, 0.2) is 4.52 Å². The summed E-state index contributed by atoms with van der Waals surface area (Å²) in [6.45, 7) is 3.74. The van der Waals surface area contributed by atoms with Gasteiger partial charge in [0.15, 0.2) is 0 Å². The van der Waals surface area contributed by atoms with Gasteiger partial charge in [-0.3, -0.25) is 0 Å². The molecule has 7 heteroatoms. The molecule has 1 aromatic heterocycles. The van der Waals surface area contributed by atoms with Gasteiger partial charge in [-0.1, -0.05) is 21.1 Å². The number of aryl methyl sites for hydroxylation is 2. The van der Waals surface area contributed by atoms with E-state index in [1.165, 1.54) is 0 Å². The van der Waals surface area contributed by atoms with Gasteiger partial charge in [-0.2, -0.15) is 0 Å². The molecule has 80 valence electrons. The third kappa shape index (κ3) is 2.79. The Kier molecular flexibility index (Phi) is 3.68. The lowest BCUT2D eigenvalue weighted by atomic mass is 10.2. The molecule has 0 aliphatic heterocycles. The van der Waals surface area contributed by atoms with E-state index in [1.807, 2.05) is 0 Å². The first kappa shape index (κ1) is 11.7. The Morgan fingerprint density at radius 3 is 2.57 bits per heavy atom. The van der Waals surface area contributed by atoms with E-state index in [-0.39, 0.29) is 11.2 Å². The van der Waals surface area contributed by atoms with Gasteiger partial charge >= 0.3 is 0 Å². The first-order chi connectivity index (χ1) is 6.46. The third-order valence-electron chi connectivity index (χ3n) is 1.79. The Morgan fingerprint density at radius 1 is 1.50 bits per heavy atom. The highest BCUT2D eigenvalue weighted by Gasteiger charge is 2.12. The molecule has 0 saturated heterocycles. The lowest BCUT2D eigenvalue weighted by Crippen LogP contribution is -2.24. The molecule has 0 aliphatic rings. The molecule has 0 atom stereocenters. The van der Waals surface area contributed by atoms with Crippen LogP contribution in [0.5, 0.6) is 0 Å². The summed E-state index contributed by atoms with van der Waals surface area (Å²) in [5.41, 5.74) is 1.49. The second-order valence-electron chi connectivity index (χ2n) is 2.85. The molecule has 0 amide bonds. The van der Waals surface area contributed by atoms with Gasteiger partial charge in [0.1, 0.15) is 10.4 Å². The molecule has 0 spiro atoms. The summed E-state index contributed by atoms with van der Waals surface area (Å²) < 4.78 is 29.4. The molecule has 5 nitrogen and oxygen atoms in total. The highest BCUT2D eigenvalue weighted by molar-refractivity contribution is 9.10.